The van der Waals surface area contributed by atoms with Gasteiger partial charge in [0.2, 0.25) is 0 Å². The summed E-state index contributed by atoms with van der Waals surface area (Å²) in [5.74, 6) is 1.67. The molecule has 3 aliphatic rings. The maximum Gasteiger partial charge on any atom is 0.310 e. The van der Waals surface area contributed by atoms with Crippen LogP contribution in [0, 0.1) is 17.8 Å². The molecule has 4 atom stereocenters. The molecule has 3 fully saturated rings. The van der Waals surface area contributed by atoms with Gasteiger partial charge in [-0.2, -0.15) is 0 Å². The van der Waals surface area contributed by atoms with Crippen LogP contribution in [-0.4, -0.2) is 49.7 Å². The lowest BCUT2D eigenvalue weighted by atomic mass is 9.78. The second-order valence-electron chi connectivity index (χ2n) is 7.79. The third kappa shape index (κ3) is 3.65. The first-order valence-corrected chi connectivity index (χ1v) is 9.22. The lowest BCUT2D eigenvalue weighted by Crippen LogP contribution is -2.58. The molecule has 0 bridgehead atoms. The summed E-state index contributed by atoms with van der Waals surface area (Å²) in [6.45, 7) is 5.47. The predicted molar refractivity (Wildman–Crippen MR) is 87.6 cm³/mol. The van der Waals surface area contributed by atoms with Gasteiger partial charge in [-0.1, -0.05) is 19.8 Å². The minimum atomic E-state index is -0.0238. The van der Waals surface area contributed by atoms with Crippen LogP contribution in [0.3, 0.4) is 0 Å². The Morgan fingerprint density at radius 1 is 1.18 bits per heavy atom. The van der Waals surface area contributed by atoms with Gasteiger partial charge in [0.05, 0.1) is 13.0 Å². The number of nitrogens with one attached hydrogen (secondary N) is 1. The van der Waals surface area contributed by atoms with E-state index < -0.39 is 0 Å². The Hall–Kier alpha value is -0.610. The Balaban J connectivity index is 1.56. The standard InChI is InChI=1S/C18H32N2O2/c1-13-7-8-17(13)20-11-15(18(21)22-2)9-16(12-20)19-10-14-5-3-4-6-14/h13-17,19H,3-12H2,1-2H3. The maximum atomic E-state index is 12.1. The molecule has 4 heteroatoms. The number of piperidine rings is 1. The molecule has 1 heterocycles. The number of carbonyl (C=O) groups excluding carboxylic acids is 1. The average Bonchev–Trinajstić information content (AvgIpc) is 3.04. The fraction of sp³-hybridized carbons (Fsp3) is 0.944. The molecule has 0 aromatic rings. The molecule has 0 aromatic carbocycles. The average molecular weight is 308 g/mol. The molecule has 0 aromatic heterocycles. The molecule has 0 amide bonds. The number of likely N-dealkylation sites (tertiary alicyclic amines) is 1. The van der Waals surface area contributed by atoms with E-state index >= 15 is 0 Å². The Morgan fingerprint density at radius 2 is 1.95 bits per heavy atom. The second kappa shape index (κ2) is 7.31. The van der Waals surface area contributed by atoms with Crippen LogP contribution in [0.4, 0.5) is 0 Å². The van der Waals surface area contributed by atoms with Gasteiger partial charge in [0.1, 0.15) is 0 Å². The van der Waals surface area contributed by atoms with Crippen LogP contribution in [0.1, 0.15) is 51.9 Å². The predicted octanol–water partition coefficient (Wildman–Crippen LogP) is 2.43. The first-order valence-electron chi connectivity index (χ1n) is 9.22. The van der Waals surface area contributed by atoms with Crippen molar-refractivity contribution >= 4 is 5.97 Å². The van der Waals surface area contributed by atoms with Crippen molar-refractivity contribution in [3.05, 3.63) is 0 Å². The summed E-state index contributed by atoms with van der Waals surface area (Å²) in [6.07, 6.45) is 9.12. The Bertz CT molecular complexity index is 381. The van der Waals surface area contributed by atoms with Gasteiger partial charge >= 0.3 is 5.97 Å². The summed E-state index contributed by atoms with van der Waals surface area (Å²) in [5, 5.41) is 3.77. The van der Waals surface area contributed by atoms with Gasteiger partial charge in [0, 0.05) is 25.2 Å². The largest absolute Gasteiger partial charge is 0.469 e. The highest BCUT2D eigenvalue weighted by molar-refractivity contribution is 5.72. The molecular weight excluding hydrogens is 276 g/mol. The van der Waals surface area contributed by atoms with Gasteiger partial charge in [-0.25, -0.2) is 0 Å². The van der Waals surface area contributed by atoms with Crippen molar-refractivity contribution < 1.29 is 9.53 Å². The molecule has 126 valence electrons. The first kappa shape index (κ1) is 16.3. The highest BCUT2D eigenvalue weighted by Crippen LogP contribution is 2.34. The van der Waals surface area contributed by atoms with Gasteiger partial charge in [0.15, 0.2) is 0 Å². The minimum absolute atomic E-state index is 0.0238. The quantitative estimate of drug-likeness (QED) is 0.792. The summed E-state index contributed by atoms with van der Waals surface area (Å²) in [5.41, 5.74) is 0. The molecule has 3 rings (SSSR count). The van der Waals surface area contributed by atoms with Crippen molar-refractivity contribution in [1.82, 2.24) is 10.2 Å². The summed E-state index contributed by atoms with van der Waals surface area (Å²) in [4.78, 5) is 14.6. The van der Waals surface area contributed by atoms with Crippen LogP contribution < -0.4 is 5.32 Å². The SMILES string of the molecule is COC(=O)C1CC(NCC2CCCC2)CN(C2CCC2C)C1. The number of methoxy groups -OCH3 is 1. The van der Waals surface area contributed by atoms with Crippen molar-refractivity contribution in [3.63, 3.8) is 0 Å². The van der Waals surface area contributed by atoms with E-state index in [0.717, 1.165) is 37.9 Å². The van der Waals surface area contributed by atoms with E-state index in [4.69, 9.17) is 4.74 Å². The first-order chi connectivity index (χ1) is 10.7. The van der Waals surface area contributed by atoms with Crippen LogP contribution in [0.2, 0.25) is 0 Å². The Kier molecular flexibility index (Phi) is 5.40. The molecule has 0 radical (unpaired) electrons. The van der Waals surface area contributed by atoms with Gasteiger partial charge in [-0.05, 0) is 50.5 Å². The van der Waals surface area contributed by atoms with E-state index in [1.54, 1.807) is 0 Å². The second-order valence-corrected chi connectivity index (χ2v) is 7.79. The number of hydrogen-bond acceptors (Lipinski definition) is 4. The molecule has 1 saturated heterocycles. The molecule has 0 spiro atoms. The summed E-state index contributed by atoms with van der Waals surface area (Å²) < 4.78 is 5.03. The summed E-state index contributed by atoms with van der Waals surface area (Å²) >= 11 is 0. The molecule has 2 saturated carbocycles. The Labute approximate surface area is 135 Å². The van der Waals surface area contributed by atoms with Crippen molar-refractivity contribution in [1.29, 1.82) is 0 Å². The lowest BCUT2D eigenvalue weighted by molar-refractivity contribution is -0.148. The van der Waals surface area contributed by atoms with Crippen LogP contribution >= 0.6 is 0 Å². The molecule has 4 nitrogen and oxygen atoms in total. The van der Waals surface area contributed by atoms with E-state index in [2.05, 4.69) is 17.1 Å². The number of nitrogens with zero attached hydrogens (tertiary/aromatic N) is 1. The monoisotopic (exact) mass is 308 g/mol. The lowest BCUT2D eigenvalue weighted by Gasteiger charge is -2.48. The van der Waals surface area contributed by atoms with Crippen LogP contribution in [-0.2, 0) is 9.53 Å². The van der Waals surface area contributed by atoms with Crippen LogP contribution in [0.5, 0.6) is 0 Å². The number of carbonyl (C=O) groups is 1. The number of ether oxygens (including phenoxy) is 1. The highest BCUT2D eigenvalue weighted by atomic mass is 16.5. The molecule has 4 unspecified atom stereocenters. The smallest absolute Gasteiger partial charge is 0.310 e. The molecule has 2 aliphatic carbocycles. The fourth-order valence-corrected chi connectivity index (χ4v) is 4.63. The van der Waals surface area contributed by atoms with Gasteiger partial charge in [-0.3, -0.25) is 9.69 Å². The topological polar surface area (TPSA) is 41.6 Å². The summed E-state index contributed by atoms with van der Waals surface area (Å²) in [6, 6.07) is 1.13. The van der Waals surface area contributed by atoms with Crippen molar-refractivity contribution in [3.8, 4) is 0 Å². The van der Waals surface area contributed by atoms with E-state index in [0.29, 0.717) is 12.1 Å². The zero-order valence-electron chi connectivity index (χ0n) is 14.2. The molecule has 22 heavy (non-hydrogen) atoms. The zero-order valence-corrected chi connectivity index (χ0v) is 14.2. The van der Waals surface area contributed by atoms with Crippen molar-refractivity contribution in [2.24, 2.45) is 17.8 Å². The number of rotatable bonds is 5. The van der Waals surface area contributed by atoms with Gasteiger partial charge in [-0.15, -0.1) is 0 Å². The molecule has 1 N–H and O–H groups in total. The number of esters is 1. The number of hydrogen-bond donors (Lipinski definition) is 1. The van der Waals surface area contributed by atoms with Crippen LogP contribution in [0.25, 0.3) is 0 Å². The fourth-order valence-electron chi connectivity index (χ4n) is 4.63. The third-order valence-electron chi connectivity index (χ3n) is 6.23. The maximum absolute atomic E-state index is 12.1. The van der Waals surface area contributed by atoms with E-state index in [9.17, 15) is 4.79 Å². The van der Waals surface area contributed by atoms with Gasteiger partial charge in [0.25, 0.3) is 0 Å². The third-order valence-corrected chi connectivity index (χ3v) is 6.23. The highest BCUT2D eigenvalue weighted by Gasteiger charge is 2.39. The minimum Gasteiger partial charge on any atom is -0.469 e. The normalized spacial score (nSPS) is 37.0. The zero-order chi connectivity index (χ0) is 15.5. The summed E-state index contributed by atoms with van der Waals surface area (Å²) in [7, 11) is 1.52. The molecule has 1 aliphatic heterocycles. The van der Waals surface area contributed by atoms with Crippen molar-refractivity contribution in [2.75, 3.05) is 26.7 Å². The van der Waals surface area contributed by atoms with E-state index in [1.165, 1.54) is 45.6 Å². The van der Waals surface area contributed by atoms with E-state index in [-0.39, 0.29) is 11.9 Å². The van der Waals surface area contributed by atoms with Crippen LogP contribution in [0.15, 0.2) is 0 Å². The Morgan fingerprint density at radius 3 is 2.55 bits per heavy atom. The van der Waals surface area contributed by atoms with Crippen molar-refractivity contribution in [2.45, 2.75) is 64.0 Å². The van der Waals surface area contributed by atoms with Gasteiger partial charge < -0.3 is 10.1 Å². The molecular formula is C18H32N2O2. The van der Waals surface area contributed by atoms with E-state index in [1.807, 2.05) is 0 Å².